The quantitative estimate of drug-likeness (QED) is 0.847. The maximum atomic E-state index is 12.3. The molecule has 134 valence electrons. The Kier molecular flexibility index (Phi) is 4.96. The van der Waals surface area contributed by atoms with Gasteiger partial charge >= 0.3 is 0 Å². The predicted molar refractivity (Wildman–Crippen MR) is 95.2 cm³/mol. The van der Waals surface area contributed by atoms with Gasteiger partial charge in [-0.2, -0.15) is 0 Å². The number of thiazole rings is 1. The molecule has 1 atom stereocenters. The fourth-order valence-electron chi connectivity index (χ4n) is 2.73. The summed E-state index contributed by atoms with van der Waals surface area (Å²) in [6.45, 7) is 0. The number of methoxy groups -OCH3 is 2. The van der Waals surface area contributed by atoms with E-state index < -0.39 is 9.84 Å². The zero-order valence-electron chi connectivity index (χ0n) is 13.8. The van der Waals surface area contributed by atoms with Crippen LogP contribution in [0.1, 0.15) is 16.9 Å². The summed E-state index contributed by atoms with van der Waals surface area (Å²) >= 11 is 1.31. The summed E-state index contributed by atoms with van der Waals surface area (Å²) in [5, 5.41) is 5.01. The molecule has 0 saturated carbocycles. The van der Waals surface area contributed by atoms with Gasteiger partial charge in [-0.3, -0.25) is 4.79 Å². The first-order chi connectivity index (χ1) is 11.9. The minimum absolute atomic E-state index is 0.0144. The van der Waals surface area contributed by atoms with Crippen LogP contribution in [0, 0.1) is 0 Å². The van der Waals surface area contributed by atoms with E-state index in [1.165, 1.54) is 11.3 Å². The molecular weight excluding hydrogens is 364 g/mol. The van der Waals surface area contributed by atoms with Gasteiger partial charge < -0.3 is 14.8 Å². The van der Waals surface area contributed by atoms with E-state index in [1.807, 2.05) is 12.1 Å². The Hall–Kier alpha value is -2.13. The van der Waals surface area contributed by atoms with Gasteiger partial charge in [0, 0.05) is 11.4 Å². The van der Waals surface area contributed by atoms with Crippen molar-refractivity contribution in [1.29, 1.82) is 0 Å². The van der Waals surface area contributed by atoms with Gasteiger partial charge in [0.15, 0.2) is 21.3 Å². The minimum Gasteiger partial charge on any atom is -0.493 e. The summed E-state index contributed by atoms with van der Waals surface area (Å²) in [5.74, 6) is 0.859. The monoisotopic (exact) mass is 382 g/mol. The van der Waals surface area contributed by atoms with E-state index in [9.17, 15) is 13.2 Å². The van der Waals surface area contributed by atoms with Crippen LogP contribution in [0.3, 0.4) is 0 Å². The molecule has 1 saturated heterocycles. The Morgan fingerprint density at radius 1 is 1.32 bits per heavy atom. The van der Waals surface area contributed by atoms with Crippen LogP contribution < -0.4 is 14.8 Å². The maximum Gasteiger partial charge on any atom is 0.271 e. The number of carbonyl (C=O) groups excluding carboxylic acids is 1. The summed E-state index contributed by atoms with van der Waals surface area (Å²) < 4.78 is 33.6. The highest BCUT2D eigenvalue weighted by Gasteiger charge is 2.29. The topological polar surface area (TPSA) is 94.6 Å². The van der Waals surface area contributed by atoms with E-state index in [4.69, 9.17) is 9.47 Å². The molecule has 1 N–H and O–H groups in total. The Labute approximate surface area is 149 Å². The van der Waals surface area contributed by atoms with E-state index in [2.05, 4.69) is 10.3 Å². The first kappa shape index (κ1) is 17.7. The fourth-order valence-corrected chi connectivity index (χ4v) is 5.22. The zero-order valence-corrected chi connectivity index (χ0v) is 15.4. The number of amides is 1. The summed E-state index contributed by atoms with van der Waals surface area (Å²) in [4.78, 5) is 16.7. The van der Waals surface area contributed by atoms with E-state index in [0.29, 0.717) is 22.9 Å². The number of hydrogen-bond donors (Lipinski definition) is 1. The van der Waals surface area contributed by atoms with Crippen molar-refractivity contribution in [3.8, 4) is 22.1 Å². The number of nitrogens with one attached hydrogen (secondary N) is 1. The molecular formula is C16H18N2O5S2. The molecule has 1 fully saturated rings. The number of benzene rings is 1. The van der Waals surface area contributed by atoms with Crippen molar-refractivity contribution >= 4 is 27.1 Å². The molecule has 1 unspecified atom stereocenters. The maximum absolute atomic E-state index is 12.3. The van der Waals surface area contributed by atoms with Crippen LogP contribution in [0.25, 0.3) is 10.6 Å². The third kappa shape index (κ3) is 3.77. The molecule has 7 nitrogen and oxygen atoms in total. The van der Waals surface area contributed by atoms with Gasteiger partial charge in [0.05, 0.1) is 31.3 Å². The lowest BCUT2D eigenvalue weighted by Gasteiger charge is -2.11. The molecule has 1 aromatic heterocycles. The molecule has 2 heterocycles. The average Bonchev–Trinajstić information content (AvgIpc) is 3.20. The van der Waals surface area contributed by atoms with Gasteiger partial charge in [0.2, 0.25) is 0 Å². The molecule has 0 radical (unpaired) electrons. The van der Waals surface area contributed by atoms with Crippen LogP contribution in [0.5, 0.6) is 11.5 Å². The highest BCUT2D eigenvalue weighted by molar-refractivity contribution is 7.91. The van der Waals surface area contributed by atoms with Gasteiger partial charge in [-0.25, -0.2) is 13.4 Å². The SMILES string of the molecule is COc1cccc(-c2nc(C(=O)NC3CCS(=O)(=O)C3)cs2)c1OC. The first-order valence-electron chi connectivity index (χ1n) is 7.61. The van der Waals surface area contributed by atoms with Crippen molar-refractivity contribution < 1.29 is 22.7 Å². The lowest BCUT2D eigenvalue weighted by molar-refractivity contribution is 0.0937. The smallest absolute Gasteiger partial charge is 0.271 e. The van der Waals surface area contributed by atoms with Crippen LogP contribution in [0.2, 0.25) is 0 Å². The van der Waals surface area contributed by atoms with Gasteiger partial charge in [-0.15, -0.1) is 11.3 Å². The second-order valence-electron chi connectivity index (χ2n) is 5.65. The Morgan fingerprint density at radius 2 is 2.12 bits per heavy atom. The number of nitrogens with zero attached hydrogens (tertiary/aromatic N) is 1. The van der Waals surface area contributed by atoms with Crippen LogP contribution >= 0.6 is 11.3 Å². The van der Waals surface area contributed by atoms with Gasteiger partial charge in [-0.1, -0.05) is 6.07 Å². The molecule has 3 rings (SSSR count). The number of sulfone groups is 1. The molecule has 1 aromatic carbocycles. The molecule has 0 spiro atoms. The number of carbonyl (C=O) groups is 1. The van der Waals surface area contributed by atoms with Crippen LogP contribution in [0.15, 0.2) is 23.6 Å². The molecule has 0 aliphatic carbocycles. The number of ether oxygens (including phenoxy) is 2. The van der Waals surface area contributed by atoms with Crippen molar-refractivity contribution in [1.82, 2.24) is 10.3 Å². The normalized spacial score (nSPS) is 18.7. The van der Waals surface area contributed by atoms with E-state index in [-0.39, 0.29) is 29.1 Å². The van der Waals surface area contributed by atoms with Crippen molar-refractivity contribution in [3.05, 3.63) is 29.3 Å². The average molecular weight is 382 g/mol. The van der Waals surface area contributed by atoms with Crippen LogP contribution in [-0.2, 0) is 9.84 Å². The first-order valence-corrected chi connectivity index (χ1v) is 10.3. The Bertz CT molecular complexity index is 892. The second kappa shape index (κ2) is 7.01. The highest BCUT2D eigenvalue weighted by Crippen LogP contribution is 2.38. The number of hydrogen-bond acceptors (Lipinski definition) is 7. The van der Waals surface area contributed by atoms with E-state index in [1.54, 1.807) is 25.7 Å². The van der Waals surface area contributed by atoms with Crippen LogP contribution in [-0.4, -0.2) is 51.1 Å². The Balaban J connectivity index is 1.80. The summed E-state index contributed by atoms with van der Waals surface area (Å²) in [7, 11) is 0.0576. The third-order valence-corrected chi connectivity index (χ3v) is 6.58. The zero-order chi connectivity index (χ0) is 18.0. The van der Waals surface area contributed by atoms with Crippen LogP contribution in [0.4, 0.5) is 0 Å². The van der Waals surface area contributed by atoms with Crippen molar-refractivity contribution in [2.45, 2.75) is 12.5 Å². The lowest BCUT2D eigenvalue weighted by Crippen LogP contribution is -2.35. The largest absolute Gasteiger partial charge is 0.493 e. The minimum atomic E-state index is -3.04. The Morgan fingerprint density at radius 3 is 2.76 bits per heavy atom. The van der Waals surface area contributed by atoms with Gasteiger partial charge in [0.25, 0.3) is 5.91 Å². The molecule has 2 aromatic rings. The van der Waals surface area contributed by atoms with Crippen molar-refractivity contribution in [3.63, 3.8) is 0 Å². The molecule has 25 heavy (non-hydrogen) atoms. The summed E-state index contributed by atoms with van der Waals surface area (Å²) in [6.07, 6.45) is 0.439. The number of rotatable bonds is 5. The summed E-state index contributed by atoms with van der Waals surface area (Å²) in [5.41, 5.74) is 0.989. The predicted octanol–water partition coefficient (Wildman–Crippen LogP) is 1.74. The van der Waals surface area contributed by atoms with E-state index in [0.717, 1.165) is 5.56 Å². The summed E-state index contributed by atoms with van der Waals surface area (Å²) in [6, 6.07) is 5.09. The third-order valence-electron chi connectivity index (χ3n) is 3.94. The lowest BCUT2D eigenvalue weighted by atomic mass is 10.2. The fraction of sp³-hybridized carbons (Fsp3) is 0.375. The molecule has 0 bridgehead atoms. The van der Waals surface area contributed by atoms with E-state index >= 15 is 0 Å². The highest BCUT2D eigenvalue weighted by atomic mass is 32.2. The van der Waals surface area contributed by atoms with Crippen molar-refractivity contribution in [2.75, 3.05) is 25.7 Å². The molecule has 1 aliphatic rings. The number of para-hydroxylation sites is 1. The molecule has 9 heteroatoms. The molecule has 1 amide bonds. The molecule has 1 aliphatic heterocycles. The number of aromatic nitrogens is 1. The second-order valence-corrected chi connectivity index (χ2v) is 8.74. The van der Waals surface area contributed by atoms with Crippen molar-refractivity contribution in [2.24, 2.45) is 0 Å². The van der Waals surface area contributed by atoms with Gasteiger partial charge in [0.1, 0.15) is 10.7 Å². The standard InChI is InChI=1S/C16H18N2O5S2/c1-22-13-5-3-4-11(14(13)23-2)16-18-12(8-24-16)15(19)17-10-6-7-25(20,21)9-10/h3-5,8,10H,6-7,9H2,1-2H3,(H,17,19). The van der Waals surface area contributed by atoms with Gasteiger partial charge in [-0.05, 0) is 18.6 Å².